The van der Waals surface area contributed by atoms with Gasteiger partial charge in [-0.2, -0.15) is 4.31 Å². The molecule has 7 heteroatoms. The van der Waals surface area contributed by atoms with Gasteiger partial charge < -0.3 is 10.2 Å². The van der Waals surface area contributed by atoms with E-state index in [0.717, 1.165) is 6.07 Å². The van der Waals surface area contributed by atoms with Crippen molar-refractivity contribution in [2.24, 2.45) is 0 Å². The number of nitrogens with zero attached hydrogens (tertiary/aromatic N) is 1. The SMILES string of the molecule is O=S(=O)(c1ccc(C#CCO)c(F)c1)N1CCCC1CO. The lowest BCUT2D eigenvalue weighted by molar-refractivity contribution is 0.213. The first kappa shape index (κ1) is 15.9. The maximum absolute atomic E-state index is 13.9. The molecule has 0 saturated carbocycles. The minimum Gasteiger partial charge on any atom is -0.395 e. The van der Waals surface area contributed by atoms with Crippen molar-refractivity contribution in [3.05, 3.63) is 29.6 Å². The van der Waals surface area contributed by atoms with E-state index in [1.54, 1.807) is 0 Å². The summed E-state index contributed by atoms with van der Waals surface area (Å²) in [6.45, 7) is -0.325. The summed E-state index contributed by atoms with van der Waals surface area (Å²) in [4.78, 5) is -0.158. The van der Waals surface area contributed by atoms with Crippen molar-refractivity contribution in [2.45, 2.75) is 23.8 Å². The lowest BCUT2D eigenvalue weighted by Crippen LogP contribution is -2.37. The van der Waals surface area contributed by atoms with Crippen LogP contribution in [0.4, 0.5) is 4.39 Å². The molecule has 0 bridgehead atoms. The molecule has 0 aliphatic carbocycles. The first-order valence-electron chi connectivity index (χ1n) is 6.52. The topological polar surface area (TPSA) is 77.8 Å². The standard InChI is InChI=1S/C14H16FNO4S/c15-14-9-13(6-5-11(14)3-2-8-17)21(19,20)16-7-1-4-12(16)10-18/h5-6,9,12,17-18H,1,4,7-8,10H2. The highest BCUT2D eigenvalue weighted by molar-refractivity contribution is 7.89. The van der Waals surface area contributed by atoms with Crippen LogP contribution >= 0.6 is 0 Å². The van der Waals surface area contributed by atoms with Crippen LogP contribution in [-0.2, 0) is 10.0 Å². The Kier molecular flexibility index (Phi) is 4.96. The molecule has 114 valence electrons. The molecule has 2 rings (SSSR count). The average Bonchev–Trinajstić information content (AvgIpc) is 2.95. The fourth-order valence-corrected chi connectivity index (χ4v) is 4.03. The van der Waals surface area contributed by atoms with Gasteiger partial charge in [-0.1, -0.05) is 11.8 Å². The van der Waals surface area contributed by atoms with Gasteiger partial charge in [0.1, 0.15) is 12.4 Å². The van der Waals surface area contributed by atoms with Crippen molar-refractivity contribution in [2.75, 3.05) is 19.8 Å². The molecule has 1 aromatic carbocycles. The van der Waals surface area contributed by atoms with E-state index in [2.05, 4.69) is 11.8 Å². The van der Waals surface area contributed by atoms with Gasteiger partial charge in [0.25, 0.3) is 0 Å². The summed E-state index contributed by atoms with van der Waals surface area (Å²) in [6.07, 6.45) is 1.27. The number of halogens is 1. The Hall–Kier alpha value is -1.46. The first-order chi connectivity index (χ1) is 10.0. The summed E-state index contributed by atoms with van der Waals surface area (Å²) in [5.74, 6) is 3.96. The smallest absolute Gasteiger partial charge is 0.243 e. The van der Waals surface area contributed by atoms with Gasteiger partial charge in [-0.15, -0.1) is 0 Å². The summed E-state index contributed by atoms with van der Waals surface area (Å²) >= 11 is 0. The van der Waals surface area contributed by atoms with Crippen LogP contribution in [0, 0.1) is 17.7 Å². The van der Waals surface area contributed by atoms with E-state index < -0.39 is 28.5 Å². The Morgan fingerprint density at radius 3 is 2.76 bits per heavy atom. The molecule has 1 fully saturated rings. The van der Waals surface area contributed by atoms with Crippen molar-refractivity contribution in [1.82, 2.24) is 4.31 Å². The molecule has 1 aliphatic heterocycles. The Labute approximate surface area is 123 Å². The van der Waals surface area contributed by atoms with Gasteiger partial charge in [0, 0.05) is 12.6 Å². The normalized spacial score (nSPS) is 19.3. The summed E-state index contributed by atoms with van der Waals surface area (Å²) in [5, 5.41) is 17.8. The molecule has 1 aromatic rings. The Morgan fingerprint density at radius 1 is 1.38 bits per heavy atom. The highest BCUT2D eigenvalue weighted by Crippen LogP contribution is 2.26. The van der Waals surface area contributed by atoms with E-state index in [9.17, 15) is 17.9 Å². The zero-order chi connectivity index (χ0) is 15.5. The van der Waals surface area contributed by atoms with Gasteiger partial charge >= 0.3 is 0 Å². The predicted octanol–water partition coefficient (Wildman–Crippen LogP) is 0.315. The van der Waals surface area contributed by atoms with Crippen molar-refractivity contribution in [1.29, 1.82) is 0 Å². The summed E-state index contributed by atoms with van der Waals surface area (Å²) in [5.41, 5.74) is 0.0307. The summed E-state index contributed by atoms with van der Waals surface area (Å²) in [6, 6.07) is 3.03. The van der Waals surface area contributed by atoms with Crippen LogP contribution in [0.5, 0.6) is 0 Å². The molecule has 0 aromatic heterocycles. The molecule has 0 spiro atoms. The lowest BCUT2D eigenvalue weighted by Gasteiger charge is -2.22. The largest absolute Gasteiger partial charge is 0.395 e. The minimum atomic E-state index is -3.82. The van der Waals surface area contributed by atoms with Gasteiger partial charge in [0.05, 0.1) is 17.1 Å². The number of hydrogen-bond donors (Lipinski definition) is 2. The lowest BCUT2D eigenvalue weighted by atomic mass is 10.2. The van der Waals surface area contributed by atoms with Crippen LogP contribution in [0.1, 0.15) is 18.4 Å². The second-order valence-corrected chi connectivity index (χ2v) is 6.59. The maximum atomic E-state index is 13.9. The Bertz CT molecular complexity index is 678. The van der Waals surface area contributed by atoms with Crippen LogP contribution in [0.2, 0.25) is 0 Å². The molecule has 0 amide bonds. The molecule has 1 unspecified atom stereocenters. The fourth-order valence-electron chi connectivity index (χ4n) is 2.34. The van der Waals surface area contributed by atoms with Crippen LogP contribution in [0.3, 0.4) is 0 Å². The van der Waals surface area contributed by atoms with Gasteiger partial charge in [-0.3, -0.25) is 0 Å². The van der Waals surface area contributed by atoms with E-state index in [-0.39, 0.29) is 17.1 Å². The number of hydrogen-bond acceptors (Lipinski definition) is 4. The van der Waals surface area contributed by atoms with E-state index in [0.29, 0.717) is 19.4 Å². The molecular formula is C14H16FNO4S. The quantitative estimate of drug-likeness (QED) is 0.788. The molecule has 1 atom stereocenters. The molecule has 1 saturated heterocycles. The van der Waals surface area contributed by atoms with Crippen LogP contribution in [0.25, 0.3) is 0 Å². The van der Waals surface area contributed by atoms with Gasteiger partial charge in [-0.25, -0.2) is 12.8 Å². The fraction of sp³-hybridized carbons (Fsp3) is 0.429. The van der Waals surface area contributed by atoms with Crippen LogP contribution in [0.15, 0.2) is 23.1 Å². The van der Waals surface area contributed by atoms with Gasteiger partial charge in [0.2, 0.25) is 10.0 Å². The molecule has 2 N–H and O–H groups in total. The molecule has 21 heavy (non-hydrogen) atoms. The molecule has 5 nitrogen and oxygen atoms in total. The molecular weight excluding hydrogens is 297 g/mol. The van der Waals surface area contributed by atoms with Gasteiger partial charge in [0.15, 0.2) is 0 Å². The van der Waals surface area contributed by atoms with Gasteiger partial charge in [-0.05, 0) is 31.0 Å². The van der Waals surface area contributed by atoms with E-state index >= 15 is 0 Å². The molecule has 1 heterocycles. The van der Waals surface area contributed by atoms with E-state index in [1.807, 2.05) is 0 Å². The second-order valence-electron chi connectivity index (χ2n) is 4.70. The van der Waals surface area contributed by atoms with Crippen molar-refractivity contribution < 1.29 is 23.0 Å². The van der Waals surface area contributed by atoms with Crippen LogP contribution in [-0.4, -0.2) is 48.7 Å². The number of sulfonamides is 1. The maximum Gasteiger partial charge on any atom is 0.243 e. The van der Waals surface area contributed by atoms with E-state index in [4.69, 9.17) is 5.11 Å². The first-order valence-corrected chi connectivity index (χ1v) is 7.96. The van der Waals surface area contributed by atoms with E-state index in [1.165, 1.54) is 16.4 Å². The second kappa shape index (κ2) is 6.54. The number of rotatable bonds is 3. The zero-order valence-electron chi connectivity index (χ0n) is 11.3. The van der Waals surface area contributed by atoms with Crippen LogP contribution < -0.4 is 0 Å². The number of benzene rings is 1. The highest BCUT2D eigenvalue weighted by Gasteiger charge is 2.35. The predicted molar refractivity (Wildman–Crippen MR) is 74.4 cm³/mol. The summed E-state index contributed by atoms with van der Waals surface area (Å²) < 4.78 is 40.0. The monoisotopic (exact) mass is 313 g/mol. The number of aliphatic hydroxyl groups excluding tert-OH is 2. The zero-order valence-corrected chi connectivity index (χ0v) is 12.1. The minimum absolute atomic E-state index is 0.0307. The molecule has 1 aliphatic rings. The van der Waals surface area contributed by atoms with Crippen molar-refractivity contribution >= 4 is 10.0 Å². The Balaban J connectivity index is 2.35. The third-order valence-corrected chi connectivity index (χ3v) is 5.33. The van der Waals surface area contributed by atoms with Crippen molar-refractivity contribution in [3.63, 3.8) is 0 Å². The van der Waals surface area contributed by atoms with Crippen molar-refractivity contribution in [3.8, 4) is 11.8 Å². The third-order valence-electron chi connectivity index (χ3n) is 3.38. The highest BCUT2D eigenvalue weighted by atomic mass is 32.2. The molecule has 0 radical (unpaired) electrons. The third kappa shape index (κ3) is 3.24. The average molecular weight is 313 g/mol. The Morgan fingerprint density at radius 2 is 2.14 bits per heavy atom. The number of aliphatic hydroxyl groups is 2. The summed E-state index contributed by atoms with van der Waals surface area (Å²) in [7, 11) is -3.82.